The molecule has 0 amide bonds. The third-order valence-corrected chi connectivity index (χ3v) is 0.712. The number of aliphatic carboxylic acids is 2. The smallest absolute Gasteiger partial charge is 0.321 e. The van der Waals surface area contributed by atoms with Gasteiger partial charge >= 0.3 is 11.9 Å². The molecular formula is C4H13N3O4. The summed E-state index contributed by atoms with van der Waals surface area (Å²) in [6.45, 7) is 0. The van der Waals surface area contributed by atoms with Crippen molar-refractivity contribution in [3.63, 3.8) is 0 Å². The molecule has 0 radical (unpaired) electrons. The maximum absolute atomic E-state index is 9.85. The second kappa shape index (κ2) is 6.93. The van der Waals surface area contributed by atoms with Gasteiger partial charge in [-0.15, -0.1) is 0 Å². The van der Waals surface area contributed by atoms with Crippen LogP contribution in [0.4, 0.5) is 0 Å². The molecule has 11 heavy (non-hydrogen) atoms. The Morgan fingerprint density at radius 2 is 1.64 bits per heavy atom. The van der Waals surface area contributed by atoms with Crippen LogP contribution in [-0.2, 0) is 9.59 Å². The fourth-order valence-electron chi connectivity index (χ4n) is 0.275. The second-order valence-corrected chi connectivity index (χ2v) is 1.54. The molecule has 10 N–H and O–H groups in total. The first-order valence-electron chi connectivity index (χ1n) is 2.24. The van der Waals surface area contributed by atoms with Crippen molar-refractivity contribution in [3.05, 3.63) is 0 Å². The molecule has 68 valence electrons. The lowest BCUT2D eigenvalue weighted by molar-refractivity contribution is -0.144. The van der Waals surface area contributed by atoms with E-state index >= 15 is 0 Å². The molecule has 7 nitrogen and oxygen atoms in total. The average molecular weight is 167 g/mol. The van der Waals surface area contributed by atoms with Gasteiger partial charge in [0, 0.05) is 0 Å². The van der Waals surface area contributed by atoms with Gasteiger partial charge in [-0.2, -0.15) is 0 Å². The maximum atomic E-state index is 9.85. The number of nitrogens with two attached hydrogens (primary N) is 1. The van der Waals surface area contributed by atoms with Crippen LogP contribution in [0, 0.1) is 0 Å². The van der Waals surface area contributed by atoms with Gasteiger partial charge in [0.1, 0.15) is 6.04 Å². The number of hydrogen-bond donors (Lipinski definition) is 5. The third-order valence-electron chi connectivity index (χ3n) is 0.712. The Bertz CT molecular complexity index is 137. The number of rotatable bonds is 3. The largest absolute Gasteiger partial charge is 0.481 e. The molecule has 0 heterocycles. The van der Waals surface area contributed by atoms with Crippen molar-refractivity contribution in [2.45, 2.75) is 12.5 Å². The molecule has 0 aromatic rings. The molecule has 0 spiro atoms. The summed E-state index contributed by atoms with van der Waals surface area (Å²) >= 11 is 0. The van der Waals surface area contributed by atoms with Crippen LogP contribution >= 0.6 is 0 Å². The molecule has 0 saturated heterocycles. The van der Waals surface area contributed by atoms with Gasteiger partial charge in [0.2, 0.25) is 0 Å². The van der Waals surface area contributed by atoms with Gasteiger partial charge in [-0.05, 0) is 0 Å². The van der Waals surface area contributed by atoms with Crippen molar-refractivity contribution in [1.29, 1.82) is 0 Å². The highest BCUT2D eigenvalue weighted by atomic mass is 16.4. The van der Waals surface area contributed by atoms with Crippen LogP contribution in [0.2, 0.25) is 0 Å². The van der Waals surface area contributed by atoms with Gasteiger partial charge in [0.15, 0.2) is 0 Å². The first-order chi connectivity index (χ1) is 4.04. The van der Waals surface area contributed by atoms with Gasteiger partial charge in [-0.1, -0.05) is 0 Å². The molecule has 1 atom stereocenters. The fourth-order valence-corrected chi connectivity index (χ4v) is 0.275. The summed E-state index contributed by atoms with van der Waals surface area (Å²) in [6.07, 6.45) is -0.532. The molecule has 0 fully saturated rings. The molecule has 0 aromatic carbocycles. The van der Waals surface area contributed by atoms with Gasteiger partial charge < -0.3 is 28.2 Å². The summed E-state index contributed by atoms with van der Waals surface area (Å²) in [5, 5.41) is 16.0. The Labute approximate surface area is 63.4 Å². The highest BCUT2D eigenvalue weighted by Crippen LogP contribution is 1.86. The number of carboxylic acids is 2. The minimum atomic E-state index is -1.29. The topological polar surface area (TPSA) is 171 Å². The molecule has 0 aromatic heterocycles. The third kappa shape index (κ3) is 8.82. The van der Waals surface area contributed by atoms with E-state index in [1.54, 1.807) is 0 Å². The Morgan fingerprint density at radius 1 is 1.27 bits per heavy atom. The highest BCUT2D eigenvalue weighted by Gasteiger charge is 2.14. The van der Waals surface area contributed by atoms with E-state index in [1.807, 2.05) is 0 Å². The summed E-state index contributed by atoms with van der Waals surface area (Å²) in [5.74, 6) is -2.50. The lowest BCUT2D eigenvalue weighted by atomic mass is 10.2. The van der Waals surface area contributed by atoms with E-state index in [2.05, 4.69) is 0 Å². The average Bonchev–Trinajstić information content (AvgIpc) is 1.63. The predicted molar refractivity (Wildman–Crippen MR) is 37.9 cm³/mol. The van der Waals surface area contributed by atoms with E-state index in [1.165, 1.54) is 0 Å². The normalized spacial score (nSPS) is 10.3. The van der Waals surface area contributed by atoms with E-state index in [4.69, 9.17) is 15.9 Å². The lowest BCUT2D eigenvalue weighted by Gasteiger charge is -1.99. The Morgan fingerprint density at radius 3 is 1.73 bits per heavy atom. The van der Waals surface area contributed by atoms with Gasteiger partial charge in [0.25, 0.3) is 0 Å². The van der Waals surface area contributed by atoms with Gasteiger partial charge in [-0.25, -0.2) is 0 Å². The molecule has 0 aliphatic rings. The molecular weight excluding hydrogens is 154 g/mol. The van der Waals surface area contributed by atoms with Gasteiger partial charge in [-0.3, -0.25) is 9.59 Å². The first-order valence-corrected chi connectivity index (χ1v) is 2.24. The van der Waals surface area contributed by atoms with Crippen molar-refractivity contribution in [1.82, 2.24) is 12.3 Å². The van der Waals surface area contributed by atoms with Crippen LogP contribution < -0.4 is 18.0 Å². The first kappa shape index (κ1) is 16.4. The van der Waals surface area contributed by atoms with Crippen molar-refractivity contribution >= 4 is 11.9 Å². The van der Waals surface area contributed by atoms with E-state index in [0.29, 0.717) is 0 Å². The molecule has 0 aliphatic carbocycles. The molecule has 0 saturated carbocycles. The predicted octanol–water partition coefficient (Wildman–Crippen LogP) is -0.803. The standard InChI is InChI=1S/C4H7NO4.2H3N/c5-2(4(8)9)1-3(6)7;;/h2H,1,5H2,(H,6,7)(H,8,9);2*1H3. The summed E-state index contributed by atoms with van der Waals surface area (Å²) < 4.78 is 0. The van der Waals surface area contributed by atoms with Crippen LogP contribution in [0.1, 0.15) is 6.42 Å². The van der Waals surface area contributed by atoms with E-state index in [-0.39, 0.29) is 12.3 Å². The molecule has 0 bridgehead atoms. The van der Waals surface area contributed by atoms with Crippen molar-refractivity contribution in [3.8, 4) is 0 Å². The van der Waals surface area contributed by atoms with E-state index in [0.717, 1.165) is 0 Å². The Kier molecular flexibility index (Phi) is 10.4. The van der Waals surface area contributed by atoms with Crippen LogP contribution in [0.15, 0.2) is 0 Å². The van der Waals surface area contributed by atoms with E-state index < -0.39 is 24.4 Å². The second-order valence-electron chi connectivity index (χ2n) is 1.54. The zero-order valence-corrected chi connectivity index (χ0v) is 5.99. The minimum Gasteiger partial charge on any atom is -0.481 e. The summed E-state index contributed by atoms with van der Waals surface area (Å²) in [4.78, 5) is 19.6. The molecule has 0 aliphatic heterocycles. The van der Waals surface area contributed by atoms with Crippen LogP contribution in [0.25, 0.3) is 0 Å². The van der Waals surface area contributed by atoms with Crippen molar-refractivity contribution in [2.24, 2.45) is 5.73 Å². The van der Waals surface area contributed by atoms with E-state index in [9.17, 15) is 9.59 Å². The van der Waals surface area contributed by atoms with Crippen molar-refractivity contribution < 1.29 is 19.8 Å². The molecule has 0 rings (SSSR count). The number of hydrogen-bond acceptors (Lipinski definition) is 5. The zero-order valence-electron chi connectivity index (χ0n) is 5.99. The highest BCUT2D eigenvalue weighted by molar-refractivity contribution is 5.80. The SMILES string of the molecule is N.N.NC(CC(=O)O)C(=O)O. The summed E-state index contributed by atoms with van der Waals surface area (Å²) in [7, 11) is 0. The van der Waals surface area contributed by atoms with Crippen LogP contribution in [0.5, 0.6) is 0 Å². The Balaban J connectivity index is -0.000000320. The Hall–Kier alpha value is -1.18. The monoisotopic (exact) mass is 167 g/mol. The number of carboxylic acid groups (broad SMARTS) is 2. The van der Waals surface area contributed by atoms with Crippen molar-refractivity contribution in [2.75, 3.05) is 0 Å². The molecule has 7 heteroatoms. The van der Waals surface area contributed by atoms with Gasteiger partial charge in [0.05, 0.1) is 6.42 Å². The van der Waals surface area contributed by atoms with Crippen LogP contribution in [0.3, 0.4) is 0 Å². The summed E-state index contributed by atoms with van der Waals surface area (Å²) in [6, 6.07) is -1.29. The zero-order chi connectivity index (χ0) is 7.44. The fraction of sp³-hybridized carbons (Fsp3) is 0.500. The quantitative estimate of drug-likeness (QED) is 0.366. The molecule has 1 unspecified atom stereocenters. The summed E-state index contributed by atoms with van der Waals surface area (Å²) in [5.41, 5.74) is 4.84. The minimum absolute atomic E-state index is 0. The van der Waals surface area contributed by atoms with Crippen LogP contribution in [-0.4, -0.2) is 28.2 Å². The lowest BCUT2D eigenvalue weighted by Crippen LogP contribution is -2.32. The number of carbonyl (C=O) groups is 2. The maximum Gasteiger partial charge on any atom is 0.321 e.